The number of hydrogen-bond donors (Lipinski definition) is 2. The van der Waals surface area contributed by atoms with Crippen molar-refractivity contribution in [1.29, 1.82) is 0 Å². The summed E-state index contributed by atoms with van der Waals surface area (Å²) in [5, 5.41) is 5.09. The molecule has 0 saturated carbocycles. The molecule has 0 fully saturated rings. The molecule has 140 valence electrons. The summed E-state index contributed by atoms with van der Waals surface area (Å²) in [5.41, 5.74) is 2.53. The number of hydrazine groups is 1. The molecule has 0 atom stereocenters. The lowest BCUT2D eigenvalue weighted by molar-refractivity contribution is -0.123. The van der Waals surface area contributed by atoms with Crippen molar-refractivity contribution in [2.24, 2.45) is 0 Å². The van der Waals surface area contributed by atoms with Crippen LogP contribution in [0.3, 0.4) is 0 Å². The molecular weight excluding hydrogens is 386 g/mol. The molecule has 0 unspecified atom stereocenters. The molecule has 0 heterocycles. The molecule has 1 rings (SSSR count). The zero-order valence-corrected chi connectivity index (χ0v) is 16.5. The Bertz CT molecular complexity index is 681. The van der Waals surface area contributed by atoms with E-state index in [-0.39, 0.29) is 17.1 Å². The predicted molar refractivity (Wildman–Crippen MR) is 101 cm³/mol. The summed E-state index contributed by atoms with van der Waals surface area (Å²) in [5.74, 6) is -0.747. The lowest BCUT2D eigenvalue weighted by Gasteiger charge is -2.21. The minimum Gasteiger partial charge on any atom is -0.385 e. The number of amides is 1. The van der Waals surface area contributed by atoms with Crippen LogP contribution in [0.25, 0.3) is 0 Å². The van der Waals surface area contributed by atoms with Gasteiger partial charge >= 0.3 is 0 Å². The molecule has 0 radical (unpaired) electrons. The molecule has 1 amide bonds. The summed E-state index contributed by atoms with van der Waals surface area (Å²) in [7, 11) is -0.355. The van der Waals surface area contributed by atoms with Crippen LogP contribution in [0.2, 0.25) is 5.02 Å². The number of ether oxygens (including phenoxy) is 1. The molecule has 7 nitrogen and oxygen atoms in total. The highest BCUT2D eigenvalue weighted by Gasteiger charge is 2.17. The summed E-state index contributed by atoms with van der Waals surface area (Å²) < 4.78 is 29.3. The minimum atomic E-state index is -3.55. The molecule has 2 N–H and O–H groups in total. The van der Waals surface area contributed by atoms with E-state index in [1.807, 2.05) is 0 Å². The molecule has 0 aliphatic heterocycles. The second-order valence-electron chi connectivity index (χ2n) is 5.20. The molecule has 10 heteroatoms. The maximum Gasteiger partial charge on any atom is 0.239 e. The first-order valence-electron chi connectivity index (χ1n) is 7.54. The summed E-state index contributed by atoms with van der Waals surface area (Å²) in [6, 6.07) is 5.83. The number of rotatable bonds is 8. The van der Waals surface area contributed by atoms with E-state index < -0.39 is 15.7 Å². The second-order valence-corrected chi connectivity index (χ2v) is 8.13. The van der Waals surface area contributed by atoms with Gasteiger partial charge in [0.15, 0.2) is 14.9 Å². The number of carbonyl (C=O) groups is 1. The molecular formula is C15H22ClN3O4S2. The van der Waals surface area contributed by atoms with E-state index in [0.29, 0.717) is 23.3 Å². The number of nitrogens with zero attached hydrogens (tertiary/aromatic N) is 1. The molecule has 0 aliphatic carbocycles. The van der Waals surface area contributed by atoms with Crippen LogP contribution in [0.4, 0.5) is 0 Å². The largest absolute Gasteiger partial charge is 0.385 e. The summed E-state index contributed by atoms with van der Waals surface area (Å²) in [4.78, 5) is 12.1. The quantitative estimate of drug-likeness (QED) is 0.382. The summed E-state index contributed by atoms with van der Waals surface area (Å²) in [6.07, 6.45) is 0.597. The fourth-order valence-corrected chi connectivity index (χ4v) is 3.33. The zero-order chi connectivity index (χ0) is 18.9. The lowest BCUT2D eigenvalue weighted by Crippen LogP contribution is -2.48. The highest BCUT2D eigenvalue weighted by molar-refractivity contribution is 7.91. The maximum atomic E-state index is 12.2. The first-order valence-corrected chi connectivity index (χ1v) is 9.98. The third-order valence-corrected chi connectivity index (χ3v) is 5.57. The van der Waals surface area contributed by atoms with E-state index in [1.165, 1.54) is 29.3 Å². The van der Waals surface area contributed by atoms with Crippen LogP contribution in [0, 0.1) is 0 Å². The number of sulfone groups is 1. The normalized spacial score (nSPS) is 11.0. The van der Waals surface area contributed by atoms with Gasteiger partial charge in [0.2, 0.25) is 5.91 Å². The Morgan fingerprint density at radius 2 is 1.96 bits per heavy atom. The third-order valence-electron chi connectivity index (χ3n) is 3.17. The SMILES string of the molecule is COCCCNC(=S)N(C)NC(=O)CCS(=O)(=O)c1ccc(Cl)cc1. The van der Waals surface area contributed by atoms with Gasteiger partial charge in [0, 0.05) is 38.8 Å². The molecule has 0 spiro atoms. The van der Waals surface area contributed by atoms with Crippen molar-refractivity contribution in [3.8, 4) is 0 Å². The van der Waals surface area contributed by atoms with Crippen LogP contribution in [0.5, 0.6) is 0 Å². The lowest BCUT2D eigenvalue weighted by atomic mass is 10.4. The van der Waals surface area contributed by atoms with E-state index in [9.17, 15) is 13.2 Å². The third kappa shape index (κ3) is 8.00. The van der Waals surface area contributed by atoms with Gasteiger partial charge in [-0.15, -0.1) is 0 Å². The summed E-state index contributed by atoms with van der Waals surface area (Å²) >= 11 is 10.9. The Hall–Kier alpha value is -1.42. The van der Waals surface area contributed by atoms with Crippen LogP contribution in [-0.4, -0.2) is 57.5 Å². The minimum absolute atomic E-state index is 0.133. The van der Waals surface area contributed by atoms with E-state index in [1.54, 1.807) is 14.2 Å². The highest BCUT2D eigenvalue weighted by Crippen LogP contribution is 2.15. The van der Waals surface area contributed by atoms with Gasteiger partial charge in [-0.3, -0.25) is 15.2 Å². The van der Waals surface area contributed by atoms with Crippen molar-refractivity contribution in [2.45, 2.75) is 17.7 Å². The smallest absolute Gasteiger partial charge is 0.239 e. The van der Waals surface area contributed by atoms with Crippen LogP contribution < -0.4 is 10.7 Å². The monoisotopic (exact) mass is 407 g/mol. The van der Waals surface area contributed by atoms with Gasteiger partial charge in [-0.1, -0.05) is 11.6 Å². The van der Waals surface area contributed by atoms with Gasteiger partial charge in [-0.2, -0.15) is 0 Å². The topological polar surface area (TPSA) is 87.7 Å². The molecule has 1 aromatic carbocycles. The number of carbonyl (C=O) groups excluding carboxylic acids is 1. The van der Waals surface area contributed by atoms with Crippen LogP contribution in [-0.2, 0) is 19.4 Å². The van der Waals surface area contributed by atoms with Gasteiger partial charge in [-0.25, -0.2) is 8.42 Å². The molecule has 0 aliphatic rings. The van der Waals surface area contributed by atoms with Crippen molar-refractivity contribution in [3.63, 3.8) is 0 Å². The van der Waals surface area contributed by atoms with Crippen LogP contribution >= 0.6 is 23.8 Å². The van der Waals surface area contributed by atoms with Gasteiger partial charge in [0.25, 0.3) is 0 Å². The Labute approximate surface area is 158 Å². The van der Waals surface area contributed by atoms with Crippen molar-refractivity contribution < 1.29 is 17.9 Å². The highest BCUT2D eigenvalue weighted by atomic mass is 35.5. The van der Waals surface area contributed by atoms with Crippen molar-refractivity contribution in [1.82, 2.24) is 15.8 Å². The predicted octanol–water partition coefficient (Wildman–Crippen LogP) is 1.38. The van der Waals surface area contributed by atoms with Crippen LogP contribution in [0.1, 0.15) is 12.8 Å². The molecule has 0 saturated heterocycles. The molecule has 0 aromatic heterocycles. The Morgan fingerprint density at radius 3 is 2.56 bits per heavy atom. The van der Waals surface area contributed by atoms with Crippen molar-refractivity contribution in [3.05, 3.63) is 29.3 Å². The molecule has 0 bridgehead atoms. The van der Waals surface area contributed by atoms with E-state index >= 15 is 0 Å². The zero-order valence-electron chi connectivity index (χ0n) is 14.1. The Kier molecular flexibility index (Phi) is 9.12. The number of benzene rings is 1. The average molecular weight is 408 g/mol. The maximum absolute atomic E-state index is 12.2. The van der Waals surface area contributed by atoms with Gasteiger partial charge < -0.3 is 10.1 Å². The second kappa shape index (κ2) is 10.5. The van der Waals surface area contributed by atoms with Crippen LogP contribution in [0.15, 0.2) is 29.2 Å². The van der Waals surface area contributed by atoms with Gasteiger partial charge in [-0.05, 0) is 42.9 Å². The van der Waals surface area contributed by atoms with Gasteiger partial charge in [0.05, 0.1) is 10.6 Å². The molecule has 1 aromatic rings. The van der Waals surface area contributed by atoms with E-state index in [4.69, 9.17) is 28.6 Å². The average Bonchev–Trinajstić information content (AvgIpc) is 2.57. The Balaban J connectivity index is 2.43. The first-order chi connectivity index (χ1) is 11.8. The summed E-state index contributed by atoms with van der Waals surface area (Å²) in [6.45, 7) is 1.21. The number of methoxy groups -OCH3 is 1. The standard InChI is InChI=1S/C15H22ClN3O4S2/c1-19(15(24)17-9-3-10-23-2)18-14(20)8-11-25(21,22)13-6-4-12(16)5-7-13/h4-7H,3,8-11H2,1-2H3,(H,17,24)(H,18,20). The molecule has 25 heavy (non-hydrogen) atoms. The van der Waals surface area contributed by atoms with E-state index in [0.717, 1.165) is 6.42 Å². The number of hydrogen-bond acceptors (Lipinski definition) is 5. The first kappa shape index (κ1) is 21.6. The fourth-order valence-electron chi connectivity index (χ4n) is 1.81. The number of halogens is 1. The van der Waals surface area contributed by atoms with Crippen molar-refractivity contribution in [2.75, 3.05) is 33.1 Å². The van der Waals surface area contributed by atoms with Gasteiger partial charge in [0.1, 0.15) is 0 Å². The van der Waals surface area contributed by atoms with Crippen molar-refractivity contribution >= 4 is 44.7 Å². The van der Waals surface area contributed by atoms with E-state index in [2.05, 4.69) is 10.7 Å². The number of thiocarbonyl (C=S) groups is 1. The number of nitrogens with one attached hydrogen (secondary N) is 2. The Morgan fingerprint density at radius 1 is 1.32 bits per heavy atom. The fraction of sp³-hybridized carbons (Fsp3) is 0.467.